The third kappa shape index (κ3) is 3.93. The number of aliphatic hydroxyl groups is 1. The van der Waals surface area contributed by atoms with E-state index in [2.05, 4.69) is 10.1 Å². The minimum atomic E-state index is -0.387. The van der Waals surface area contributed by atoms with E-state index in [9.17, 15) is 4.79 Å². The lowest BCUT2D eigenvalue weighted by molar-refractivity contribution is 0.0599. The minimum absolute atomic E-state index is 0.0513. The highest BCUT2D eigenvalue weighted by Crippen LogP contribution is 2.15. The average Bonchev–Trinajstić information content (AvgIpc) is 2.88. The van der Waals surface area contributed by atoms with Crippen LogP contribution < -0.4 is 5.32 Å². The van der Waals surface area contributed by atoms with Crippen molar-refractivity contribution in [3.63, 3.8) is 0 Å². The van der Waals surface area contributed by atoms with E-state index in [4.69, 9.17) is 9.52 Å². The van der Waals surface area contributed by atoms with Crippen molar-refractivity contribution in [1.82, 2.24) is 5.32 Å². The Morgan fingerprint density at radius 3 is 2.52 bits per heavy atom. The molecule has 2 N–H and O–H groups in total. The summed E-state index contributed by atoms with van der Waals surface area (Å²) >= 11 is 0. The van der Waals surface area contributed by atoms with Gasteiger partial charge in [-0.3, -0.25) is 0 Å². The van der Waals surface area contributed by atoms with Gasteiger partial charge in [0.05, 0.1) is 20.3 Å². The number of benzene rings is 1. The standard InChI is InChI=1S/C16H19NO4/c1-11-15(16(19)20-2)7-14(21-11)9-17-8-12-3-5-13(10-18)6-4-12/h3-7,17-18H,8-10H2,1-2H3. The van der Waals surface area contributed by atoms with E-state index in [1.807, 2.05) is 24.3 Å². The maximum absolute atomic E-state index is 11.5. The first-order chi connectivity index (χ1) is 10.1. The molecule has 0 saturated carbocycles. The number of carbonyl (C=O) groups is 1. The summed E-state index contributed by atoms with van der Waals surface area (Å²) in [7, 11) is 1.35. The molecule has 2 rings (SSSR count). The monoisotopic (exact) mass is 289 g/mol. The van der Waals surface area contributed by atoms with Crippen LogP contribution in [-0.2, 0) is 24.4 Å². The van der Waals surface area contributed by atoms with Crippen molar-refractivity contribution in [2.24, 2.45) is 0 Å². The normalized spacial score (nSPS) is 10.6. The second-order valence-corrected chi connectivity index (χ2v) is 4.75. The quantitative estimate of drug-likeness (QED) is 0.797. The molecule has 0 fully saturated rings. The number of furan rings is 1. The van der Waals surface area contributed by atoms with Crippen LogP contribution in [0.25, 0.3) is 0 Å². The fourth-order valence-corrected chi connectivity index (χ4v) is 2.04. The fraction of sp³-hybridized carbons (Fsp3) is 0.312. The number of nitrogens with one attached hydrogen (secondary N) is 1. The molecule has 0 spiro atoms. The number of hydrogen-bond donors (Lipinski definition) is 2. The van der Waals surface area contributed by atoms with Gasteiger partial charge in [-0.2, -0.15) is 0 Å². The molecular formula is C16H19NO4. The third-order valence-electron chi connectivity index (χ3n) is 3.21. The molecule has 0 aliphatic heterocycles. The van der Waals surface area contributed by atoms with Crippen molar-refractivity contribution in [2.45, 2.75) is 26.6 Å². The molecule has 0 amide bonds. The van der Waals surface area contributed by atoms with Gasteiger partial charge in [-0.05, 0) is 24.1 Å². The van der Waals surface area contributed by atoms with Crippen molar-refractivity contribution in [3.8, 4) is 0 Å². The van der Waals surface area contributed by atoms with E-state index in [1.165, 1.54) is 7.11 Å². The topological polar surface area (TPSA) is 71.7 Å². The van der Waals surface area contributed by atoms with Crippen LogP contribution in [0.5, 0.6) is 0 Å². The molecule has 0 aliphatic rings. The maximum Gasteiger partial charge on any atom is 0.341 e. The number of methoxy groups -OCH3 is 1. The van der Waals surface area contributed by atoms with Crippen molar-refractivity contribution < 1.29 is 19.1 Å². The van der Waals surface area contributed by atoms with Crippen molar-refractivity contribution >= 4 is 5.97 Å². The smallest absolute Gasteiger partial charge is 0.341 e. The Balaban J connectivity index is 1.89. The summed E-state index contributed by atoms with van der Waals surface area (Å²) < 4.78 is 10.2. The molecule has 112 valence electrons. The fourth-order valence-electron chi connectivity index (χ4n) is 2.04. The van der Waals surface area contributed by atoms with E-state index in [-0.39, 0.29) is 12.6 Å². The average molecular weight is 289 g/mol. The van der Waals surface area contributed by atoms with Gasteiger partial charge in [0.15, 0.2) is 0 Å². The number of rotatable bonds is 6. The molecule has 0 unspecified atom stereocenters. The van der Waals surface area contributed by atoms with Gasteiger partial charge in [0.2, 0.25) is 0 Å². The van der Waals surface area contributed by atoms with Crippen LogP contribution in [0.4, 0.5) is 0 Å². The summed E-state index contributed by atoms with van der Waals surface area (Å²) in [5, 5.41) is 12.2. The molecule has 0 saturated heterocycles. The van der Waals surface area contributed by atoms with E-state index in [0.29, 0.717) is 30.2 Å². The Morgan fingerprint density at radius 1 is 1.24 bits per heavy atom. The van der Waals surface area contributed by atoms with Gasteiger partial charge < -0.3 is 19.6 Å². The van der Waals surface area contributed by atoms with E-state index in [1.54, 1.807) is 13.0 Å². The van der Waals surface area contributed by atoms with Crippen molar-refractivity contribution in [2.75, 3.05) is 7.11 Å². The lowest BCUT2D eigenvalue weighted by Gasteiger charge is -2.04. The predicted octanol–water partition coefficient (Wildman–Crippen LogP) is 2.16. The summed E-state index contributed by atoms with van der Waals surface area (Å²) in [5.74, 6) is 0.868. The summed E-state index contributed by atoms with van der Waals surface area (Å²) in [5.41, 5.74) is 2.47. The van der Waals surface area contributed by atoms with Crippen LogP contribution in [0.3, 0.4) is 0 Å². The SMILES string of the molecule is COC(=O)c1cc(CNCc2ccc(CO)cc2)oc1C. The molecule has 0 bridgehead atoms. The number of aliphatic hydroxyl groups excluding tert-OH is 1. The molecule has 5 nitrogen and oxygen atoms in total. The molecular weight excluding hydrogens is 270 g/mol. The Hall–Kier alpha value is -2.11. The van der Waals surface area contributed by atoms with Crippen LogP contribution >= 0.6 is 0 Å². The zero-order valence-electron chi connectivity index (χ0n) is 12.2. The lowest BCUT2D eigenvalue weighted by Crippen LogP contribution is -2.12. The van der Waals surface area contributed by atoms with Crippen LogP contribution in [0, 0.1) is 6.92 Å². The van der Waals surface area contributed by atoms with Crippen molar-refractivity contribution in [3.05, 3.63) is 58.5 Å². The number of esters is 1. The second-order valence-electron chi connectivity index (χ2n) is 4.75. The summed E-state index contributed by atoms with van der Waals surface area (Å²) in [4.78, 5) is 11.5. The maximum atomic E-state index is 11.5. The van der Waals surface area contributed by atoms with Crippen LogP contribution in [0.2, 0.25) is 0 Å². The number of carbonyl (C=O) groups excluding carboxylic acids is 1. The highest BCUT2D eigenvalue weighted by Gasteiger charge is 2.14. The Bertz CT molecular complexity index is 601. The van der Waals surface area contributed by atoms with Gasteiger partial charge >= 0.3 is 5.97 Å². The first-order valence-electron chi connectivity index (χ1n) is 6.71. The van der Waals surface area contributed by atoms with Gasteiger partial charge in [0.1, 0.15) is 17.1 Å². The van der Waals surface area contributed by atoms with Gasteiger partial charge in [0.25, 0.3) is 0 Å². The number of ether oxygens (including phenoxy) is 1. The third-order valence-corrected chi connectivity index (χ3v) is 3.21. The van der Waals surface area contributed by atoms with Crippen LogP contribution in [0.1, 0.15) is 33.0 Å². The number of hydrogen-bond acceptors (Lipinski definition) is 5. The van der Waals surface area contributed by atoms with E-state index < -0.39 is 0 Å². The summed E-state index contributed by atoms with van der Waals surface area (Å²) in [6.07, 6.45) is 0. The van der Waals surface area contributed by atoms with E-state index >= 15 is 0 Å². The van der Waals surface area contributed by atoms with Gasteiger partial charge in [-0.15, -0.1) is 0 Å². The predicted molar refractivity (Wildman–Crippen MR) is 77.7 cm³/mol. The highest BCUT2D eigenvalue weighted by atomic mass is 16.5. The molecule has 2 aromatic rings. The molecule has 0 atom stereocenters. The van der Waals surface area contributed by atoms with Crippen molar-refractivity contribution in [1.29, 1.82) is 0 Å². The second kappa shape index (κ2) is 7.06. The highest BCUT2D eigenvalue weighted by molar-refractivity contribution is 5.90. The largest absolute Gasteiger partial charge is 0.465 e. The molecule has 0 radical (unpaired) electrons. The van der Waals surface area contributed by atoms with Gasteiger partial charge in [-0.1, -0.05) is 24.3 Å². The van der Waals surface area contributed by atoms with Gasteiger partial charge in [-0.25, -0.2) is 4.79 Å². The Labute approximate surface area is 123 Å². The van der Waals surface area contributed by atoms with E-state index in [0.717, 1.165) is 11.1 Å². The molecule has 1 aromatic heterocycles. The zero-order chi connectivity index (χ0) is 15.2. The minimum Gasteiger partial charge on any atom is -0.465 e. The van der Waals surface area contributed by atoms with Crippen LogP contribution in [-0.4, -0.2) is 18.2 Å². The molecule has 1 heterocycles. The molecule has 5 heteroatoms. The Kier molecular flexibility index (Phi) is 5.14. The molecule has 21 heavy (non-hydrogen) atoms. The lowest BCUT2D eigenvalue weighted by atomic mass is 10.1. The summed E-state index contributed by atoms with van der Waals surface area (Å²) in [6, 6.07) is 9.41. The Morgan fingerprint density at radius 2 is 1.90 bits per heavy atom. The number of aryl methyl sites for hydroxylation is 1. The zero-order valence-corrected chi connectivity index (χ0v) is 12.2. The molecule has 1 aromatic carbocycles. The van der Waals surface area contributed by atoms with Crippen LogP contribution in [0.15, 0.2) is 34.7 Å². The first-order valence-corrected chi connectivity index (χ1v) is 6.71. The van der Waals surface area contributed by atoms with Gasteiger partial charge in [0, 0.05) is 6.54 Å². The first kappa shape index (κ1) is 15.3. The molecule has 0 aliphatic carbocycles. The summed E-state index contributed by atoms with van der Waals surface area (Å²) in [6.45, 7) is 3.00.